The highest BCUT2D eigenvalue weighted by Crippen LogP contribution is 2.34. The minimum Gasteiger partial charge on any atom is -0.496 e. The van der Waals surface area contributed by atoms with Gasteiger partial charge in [-0.1, -0.05) is 12.1 Å². The van der Waals surface area contributed by atoms with E-state index in [1.807, 2.05) is 24.3 Å². The van der Waals surface area contributed by atoms with E-state index < -0.39 is 5.97 Å². The highest BCUT2D eigenvalue weighted by molar-refractivity contribution is 5.96. The molecule has 0 bridgehead atoms. The summed E-state index contributed by atoms with van der Waals surface area (Å²) in [6, 6.07) is 12.5. The van der Waals surface area contributed by atoms with Gasteiger partial charge in [0.2, 0.25) is 0 Å². The number of ether oxygens (including phenoxy) is 1. The van der Waals surface area contributed by atoms with Crippen molar-refractivity contribution in [3.8, 4) is 28.1 Å². The van der Waals surface area contributed by atoms with Crippen molar-refractivity contribution in [3.05, 3.63) is 66.6 Å². The molecule has 0 spiro atoms. The number of benzene rings is 1. The highest BCUT2D eigenvalue weighted by atomic mass is 16.5. The summed E-state index contributed by atoms with van der Waals surface area (Å²) >= 11 is 0. The molecule has 5 nitrogen and oxygen atoms in total. The molecule has 3 aromatic rings. The van der Waals surface area contributed by atoms with Gasteiger partial charge in [0.25, 0.3) is 0 Å². The zero-order valence-corrected chi connectivity index (χ0v) is 12.4. The predicted octanol–water partition coefficient (Wildman–Crippen LogP) is 3.52. The lowest BCUT2D eigenvalue weighted by Crippen LogP contribution is -2.02. The van der Waals surface area contributed by atoms with E-state index in [0.717, 1.165) is 11.1 Å². The van der Waals surface area contributed by atoms with Gasteiger partial charge in [-0.05, 0) is 35.9 Å². The molecule has 0 amide bonds. The fraction of sp³-hybridized carbons (Fsp3) is 0.0556. The first-order valence-corrected chi connectivity index (χ1v) is 6.98. The lowest BCUT2D eigenvalue weighted by Gasteiger charge is -2.12. The number of hydrogen-bond donors (Lipinski definition) is 1. The molecule has 23 heavy (non-hydrogen) atoms. The lowest BCUT2D eigenvalue weighted by molar-refractivity contribution is 0.0697. The van der Waals surface area contributed by atoms with E-state index >= 15 is 0 Å². The second kappa shape index (κ2) is 6.27. The summed E-state index contributed by atoms with van der Waals surface area (Å²) in [4.78, 5) is 19.8. The molecule has 1 N–H and O–H groups in total. The van der Waals surface area contributed by atoms with Crippen LogP contribution in [0.1, 0.15) is 10.4 Å². The summed E-state index contributed by atoms with van der Waals surface area (Å²) in [5, 5.41) is 9.39. The van der Waals surface area contributed by atoms with E-state index in [1.165, 1.54) is 6.07 Å². The van der Waals surface area contributed by atoms with Gasteiger partial charge in [-0.2, -0.15) is 0 Å². The summed E-state index contributed by atoms with van der Waals surface area (Å²) in [5.74, 6) is -0.458. The normalized spacial score (nSPS) is 10.3. The van der Waals surface area contributed by atoms with Gasteiger partial charge in [-0.15, -0.1) is 0 Å². The third-order valence-electron chi connectivity index (χ3n) is 3.49. The summed E-state index contributed by atoms with van der Waals surface area (Å²) in [6.45, 7) is 0. The first-order chi connectivity index (χ1) is 11.2. The van der Waals surface area contributed by atoms with E-state index in [2.05, 4.69) is 9.97 Å². The molecule has 0 aliphatic rings. The highest BCUT2D eigenvalue weighted by Gasteiger charge is 2.17. The SMILES string of the molecule is COc1ccc(-c2cccnc2)cc1-c1ncccc1C(=O)O. The molecule has 0 saturated heterocycles. The number of nitrogens with zero attached hydrogens (tertiary/aromatic N) is 2. The first kappa shape index (κ1) is 14.7. The van der Waals surface area contributed by atoms with Gasteiger partial charge in [-0.25, -0.2) is 4.79 Å². The maximum atomic E-state index is 11.5. The molecule has 0 unspecified atom stereocenters. The van der Waals surface area contributed by atoms with Crippen molar-refractivity contribution < 1.29 is 14.6 Å². The molecule has 0 fully saturated rings. The number of methoxy groups -OCH3 is 1. The quantitative estimate of drug-likeness (QED) is 0.798. The Labute approximate surface area is 133 Å². The van der Waals surface area contributed by atoms with Crippen LogP contribution >= 0.6 is 0 Å². The fourth-order valence-corrected chi connectivity index (χ4v) is 2.40. The standard InChI is InChI=1S/C18H14N2O3/c1-23-16-7-6-12(13-4-2-8-19-11-13)10-15(16)17-14(18(21)22)5-3-9-20-17/h2-11H,1H3,(H,21,22). The average Bonchev–Trinajstić information content (AvgIpc) is 2.62. The number of aromatic nitrogens is 2. The van der Waals surface area contributed by atoms with Gasteiger partial charge in [0.1, 0.15) is 5.75 Å². The maximum Gasteiger partial charge on any atom is 0.337 e. The van der Waals surface area contributed by atoms with Crippen LogP contribution < -0.4 is 4.74 Å². The number of aromatic carboxylic acids is 1. The van der Waals surface area contributed by atoms with Gasteiger partial charge in [0, 0.05) is 29.7 Å². The maximum absolute atomic E-state index is 11.5. The number of carboxylic acid groups (broad SMARTS) is 1. The van der Waals surface area contributed by atoms with E-state index in [9.17, 15) is 9.90 Å². The Kier molecular flexibility index (Phi) is 4.01. The second-order valence-electron chi connectivity index (χ2n) is 4.86. The number of carbonyl (C=O) groups is 1. The van der Waals surface area contributed by atoms with Crippen LogP contribution in [-0.4, -0.2) is 28.2 Å². The molecule has 0 saturated carbocycles. The van der Waals surface area contributed by atoms with Gasteiger partial charge in [0.15, 0.2) is 0 Å². The number of carboxylic acids is 1. The van der Waals surface area contributed by atoms with Crippen LogP contribution in [-0.2, 0) is 0 Å². The molecule has 0 radical (unpaired) electrons. The monoisotopic (exact) mass is 306 g/mol. The van der Waals surface area contributed by atoms with E-state index in [4.69, 9.17) is 4.74 Å². The Morgan fingerprint density at radius 2 is 1.91 bits per heavy atom. The molecule has 5 heteroatoms. The van der Waals surface area contributed by atoms with Crippen LogP contribution in [0.25, 0.3) is 22.4 Å². The Hall–Kier alpha value is -3.21. The molecular formula is C18H14N2O3. The summed E-state index contributed by atoms with van der Waals surface area (Å²) in [7, 11) is 1.55. The van der Waals surface area contributed by atoms with Crippen molar-refractivity contribution in [3.63, 3.8) is 0 Å². The number of rotatable bonds is 4. The zero-order chi connectivity index (χ0) is 16.2. The van der Waals surface area contributed by atoms with Crippen molar-refractivity contribution in [2.75, 3.05) is 7.11 Å². The summed E-state index contributed by atoms with van der Waals surface area (Å²) in [5.41, 5.74) is 2.99. The molecule has 0 atom stereocenters. The zero-order valence-electron chi connectivity index (χ0n) is 12.4. The molecule has 2 heterocycles. The summed E-state index contributed by atoms with van der Waals surface area (Å²) in [6.07, 6.45) is 5.02. The number of hydrogen-bond acceptors (Lipinski definition) is 4. The Morgan fingerprint density at radius 3 is 2.61 bits per heavy atom. The van der Waals surface area contributed by atoms with E-state index in [0.29, 0.717) is 17.0 Å². The van der Waals surface area contributed by atoms with Crippen molar-refractivity contribution in [1.29, 1.82) is 0 Å². The fourth-order valence-electron chi connectivity index (χ4n) is 2.40. The predicted molar refractivity (Wildman–Crippen MR) is 86.4 cm³/mol. The van der Waals surface area contributed by atoms with E-state index in [1.54, 1.807) is 37.8 Å². The average molecular weight is 306 g/mol. The minimum absolute atomic E-state index is 0.133. The van der Waals surface area contributed by atoms with Gasteiger partial charge >= 0.3 is 5.97 Å². The van der Waals surface area contributed by atoms with Crippen molar-refractivity contribution in [2.24, 2.45) is 0 Å². The minimum atomic E-state index is -1.03. The second-order valence-corrected chi connectivity index (χ2v) is 4.86. The number of pyridine rings is 2. The molecule has 0 aliphatic heterocycles. The topological polar surface area (TPSA) is 72.3 Å². The van der Waals surface area contributed by atoms with Crippen molar-refractivity contribution in [2.45, 2.75) is 0 Å². The van der Waals surface area contributed by atoms with Crippen molar-refractivity contribution >= 4 is 5.97 Å². The molecule has 114 valence electrons. The Bertz CT molecular complexity index is 848. The van der Waals surface area contributed by atoms with Crippen LogP contribution in [0.15, 0.2) is 61.1 Å². The van der Waals surface area contributed by atoms with E-state index in [-0.39, 0.29) is 5.56 Å². The first-order valence-electron chi connectivity index (χ1n) is 6.98. The van der Waals surface area contributed by atoms with Crippen LogP contribution in [0.3, 0.4) is 0 Å². The van der Waals surface area contributed by atoms with Crippen molar-refractivity contribution in [1.82, 2.24) is 9.97 Å². The molecule has 3 rings (SSSR count). The molecular weight excluding hydrogens is 292 g/mol. The van der Waals surface area contributed by atoms with Crippen LogP contribution in [0, 0.1) is 0 Å². The third kappa shape index (κ3) is 2.89. The van der Waals surface area contributed by atoms with Crippen LogP contribution in [0.4, 0.5) is 0 Å². The van der Waals surface area contributed by atoms with Gasteiger partial charge in [-0.3, -0.25) is 9.97 Å². The van der Waals surface area contributed by atoms with Gasteiger partial charge < -0.3 is 9.84 Å². The largest absolute Gasteiger partial charge is 0.496 e. The molecule has 1 aromatic carbocycles. The smallest absolute Gasteiger partial charge is 0.337 e. The van der Waals surface area contributed by atoms with Gasteiger partial charge in [0.05, 0.1) is 18.4 Å². The molecule has 0 aliphatic carbocycles. The molecule has 2 aromatic heterocycles. The Morgan fingerprint density at radius 1 is 1.09 bits per heavy atom. The summed E-state index contributed by atoms with van der Waals surface area (Å²) < 4.78 is 5.38. The van der Waals surface area contributed by atoms with Crippen LogP contribution in [0.2, 0.25) is 0 Å². The third-order valence-corrected chi connectivity index (χ3v) is 3.49. The van der Waals surface area contributed by atoms with Crippen LogP contribution in [0.5, 0.6) is 5.75 Å². The lowest BCUT2D eigenvalue weighted by atomic mass is 9.99. The Balaban J connectivity index is 2.21.